The number of nitrogens with zero attached hydrogens (tertiary/aromatic N) is 3. The Morgan fingerprint density at radius 2 is 2.29 bits per heavy atom. The highest BCUT2D eigenvalue weighted by Gasteiger charge is 2.26. The van der Waals surface area contributed by atoms with Crippen LogP contribution < -0.4 is 10.6 Å². The molecule has 2 N–H and O–H groups in total. The number of pyridine rings is 1. The van der Waals surface area contributed by atoms with Crippen LogP contribution in [-0.4, -0.2) is 43.1 Å². The maximum atomic E-state index is 6.00. The van der Waals surface area contributed by atoms with Gasteiger partial charge >= 0.3 is 0 Å². The van der Waals surface area contributed by atoms with Crippen molar-refractivity contribution in [1.29, 1.82) is 0 Å². The van der Waals surface area contributed by atoms with Gasteiger partial charge in [-0.1, -0.05) is 6.07 Å². The lowest BCUT2D eigenvalue weighted by molar-refractivity contribution is 0.315. The van der Waals surface area contributed by atoms with Gasteiger partial charge in [-0.3, -0.25) is 0 Å². The van der Waals surface area contributed by atoms with Crippen molar-refractivity contribution in [1.82, 2.24) is 9.88 Å². The lowest BCUT2D eigenvalue weighted by Gasteiger charge is -2.23. The second-order valence-corrected chi connectivity index (χ2v) is 5.06. The highest BCUT2D eigenvalue weighted by atomic mass is 15.3. The maximum Gasteiger partial charge on any atom is 0.133 e. The van der Waals surface area contributed by atoms with E-state index >= 15 is 0 Å². The first-order chi connectivity index (χ1) is 8.09. The fourth-order valence-corrected chi connectivity index (χ4v) is 2.38. The Hall–Kier alpha value is -1.13. The first kappa shape index (κ1) is 12.3. The number of rotatable bonds is 3. The average molecular weight is 234 g/mol. The zero-order chi connectivity index (χ0) is 12.4. The van der Waals surface area contributed by atoms with Crippen molar-refractivity contribution in [3.8, 4) is 0 Å². The van der Waals surface area contributed by atoms with Crippen molar-refractivity contribution < 1.29 is 0 Å². The fraction of sp³-hybridized carbons (Fsp3) is 0.615. The lowest BCUT2D eigenvalue weighted by Crippen LogP contribution is -2.32. The molecule has 2 atom stereocenters. The van der Waals surface area contributed by atoms with Crippen LogP contribution in [0, 0.1) is 0 Å². The summed E-state index contributed by atoms with van der Waals surface area (Å²) in [5.41, 5.74) is 7.14. The van der Waals surface area contributed by atoms with E-state index in [1.807, 2.05) is 19.2 Å². The van der Waals surface area contributed by atoms with Gasteiger partial charge in [-0.2, -0.15) is 0 Å². The molecule has 2 heterocycles. The summed E-state index contributed by atoms with van der Waals surface area (Å²) in [6, 6.07) is 4.70. The molecule has 1 aliphatic rings. The summed E-state index contributed by atoms with van der Waals surface area (Å²) in [6.07, 6.45) is 3.05. The minimum absolute atomic E-state index is 0.0390. The molecule has 1 aromatic rings. The molecule has 0 saturated carbocycles. The Labute approximate surface area is 103 Å². The van der Waals surface area contributed by atoms with E-state index in [1.165, 1.54) is 6.42 Å². The summed E-state index contributed by atoms with van der Waals surface area (Å²) in [5, 5.41) is 0. The van der Waals surface area contributed by atoms with Crippen molar-refractivity contribution in [2.45, 2.75) is 25.4 Å². The molecule has 1 saturated heterocycles. The summed E-state index contributed by atoms with van der Waals surface area (Å²) >= 11 is 0. The van der Waals surface area contributed by atoms with Crippen LogP contribution in [-0.2, 0) is 0 Å². The molecular formula is C13H22N4. The molecule has 1 aliphatic heterocycles. The molecule has 0 aliphatic carbocycles. The molecule has 17 heavy (non-hydrogen) atoms. The van der Waals surface area contributed by atoms with E-state index < -0.39 is 0 Å². The molecule has 0 spiro atoms. The van der Waals surface area contributed by atoms with Crippen LogP contribution in [0.15, 0.2) is 18.3 Å². The van der Waals surface area contributed by atoms with Gasteiger partial charge < -0.3 is 15.5 Å². The van der Waals surface area contributed by atoms with Gasteiger partial charge in [-0.05, 0) is 33.5 Å². The van der Waals surface area contributed by atoms with Gasteiger partial charge in [-0.15, -0.1) is 0 Å². The topological polar surface area (TPSA) is 45.4 Å². The van der Waals surface area contributed by atoms with Crippen LogP contribution in [0.4, 0.5) is 5.82 Å². The monoisotopic (exact) mass is 234 g/mol. The summed E-state index contributed by atoms with van der Waals surface area (Å²) in [6.45, 7) is 4.13. The van der Waals surface area contributed by atoms with E-state index in [0.29, 0.717) is 6.04 Å². The Morgan fingerprint density at radius 1 is 1.53 bits per heavy atom. The largest absolute Gasteiger partial charge is 0.355 e. The Morgan fingerprint density at radius 3 is 2.88 bits per heavy atom. The molecule has 0 bridgehead atoms. The van der Waals surface area contributed by atoms with Gasteiger partial charge in [0.25, 0.3) is 0 Å². The van der Waals surface area contributed by atoms with Crippen LogP contribution in [0.2, 0.25) is 0 Å². The van der Waals surface area contributed by atoms with Crippen LogP contribution in [0.5, 0.6) is 0 Å². The normalized spacial score (nSPS) is 22.2. The number of anilines is 1. The van der Waals surface area contributed by atoms with Crippen molar-refractivity contribution in [2.75, 3.05) is 32.1 Å². The number of hydrogen-bond donors (Lipinski definition) is 1. The summed E-state index contributed by atoms with van der Waals surface area (Å²) < 4.78 is 0. The average Bonchev–Trinajstić information content (AvgIpc) is 2.78. The highest BCUT2D eigenvalue weighted by Crippen LogP contribution is 2.26. The van der Waals surface area contributed by atoms with E-state index in [9.17, 15) is 0 Å². The molecule has 0 radical (unpaired) electrons. The van der Waals surface area contributed by atoms with E-state index in [-0.39, 0.29) is 6.04 Å². The Kier molecular flexibility index (Phi) is 3.64. The molecule has 0 aromatic carbocycles. The quantitative estimate of drug-likeness (QED) is 0.855. The SMILES string of the molecule is C[C@@H](N)c1cccnc1N1CCC(N(C)C)C1. The molecule has 1 aromatic heterocycles. The zero-order valence-corrected chi connectivity index (χ0v) is 10.9. The van der Waals surface area contributed by atoms with Crippen molar-refractivity contribution >= 4 is 5.82 Å². The predicted octanol–water partition coefficient (Wildman–Crippen LogP) is 1.24. The molecule has 0 amide bonds. The van der Waals surface area contributed by atoms with Gasteiger partial charge in [0.1, 0.15) is 5.82 Å². The van der Waals surface area contributed by atoms with Crippen molar-refractivity contribution in [3.63, 3.8) is 0 Å². The third-order valence-electron chi connectivity index (χ3n) is 3.50. The number of aromatic nitrogens is 1. The zero-order valence-electron chi connectivity index (χ0n) is 10.9. The second kappa shape index (κ2) is 5.02. The Bertz CT molecular complexity index is 375. The van der Waals surface area contributed by atoms with Gasteiger partial charge in [0.05, 0.1) is 0 Å². The van der Waals surface area contributed by atoms with Crippen molar-refractivity contribution in [2.24, 2.45) is 5.73 Å². The minimum Gasteiger partial charge on any atom is -0.355 e. The molecular weight excluding hydrogens is 212 g/mol. The molecule has 94 valence electrons. The van der Waals surface area contributed by atoms with Crippen LogP contribution in [0.1, 0.15) is 24.9 Å². The second-order valence-electron chi connectivity index (χ2n) is 5.06. The smallest absolute Gasteiger partial charge is 0.133 e. The van der Waals surface area contributed by atoms with Crippen molar-refractivity contribution in [3.05, 3.63) is 23.9 Å². The number of hydrogen-bond acceptors (Lipinski definition) is 4. The lowest BCUT2D eigenvalue weighted by atomic mass is 10.1. The highest BCUT2D eigenvalue weighted by molar-refractivity contribution is 5.49. The molecule has 4 heteroatoms. The van der Waals surface area contributed by atoms with E-state index in [4.69, 9.17) is 5.73 Å². The predicted molar refractivity (Wildman–Crippen MR) is 71.1 cm³/mol. The van der Waals surface area contributed by atoms with E-state index in [0.717, 1.165) is 24.5 Å². The molecule has 1 unspecified atom stereocenters. The summed E-state index contributed by atoms with van der Waals surface area (Å²) in [7, 11) is 4.28. The van der Waals surface area contributed by atoms with Gasteiger partial charge in [0.15, 0.2) is 0 Å². The number of likely N-dealkylation sites (N-methyl/N-ethyl adjacent to an activating group) is 1. The molecule has 4 nitrogen and oxygen atoms in total. The fourth-order valence-electron chi connectivity index (χ4n) is 2.38. The van der Waals surface area contributed by atoms with Gasteiger partial charge in [0, 0.05) is 36.9 Å². The first-order valence-corrected chi connectivity index (χ1v) is 6.21. The summed E-state index contributed by atoms with van der Waals surface area (Å²) in [5.74, 6) is 1.06. The van der Waals surface area contributed by atoms with E-state index in [2.05, 4.69) is 34.9 Å². The Balaban J connectivity index is 2.18. The number of nitrogens with two attached hydrogens (primary N) is 1. The first-order valence-electron chi connectivity index (χ1n) is 6.21. The van der Waals surface area contributed by atoms with Crippen LogP contribution >= 0.6 is 0 Å². The minimum atomic E-state index is 0.0390. The maximum absolute atomic E-state index is 6.00. The third kappa shape index (κ3) is 2.58. The molecule has 2 rings (SSSR count). The van der Waals surface area contributed by atoms with Gasteiger partial charge in [0.2, 0.25) is 0 Å². The summed E-state index contributed by atoms with van der Waals surface area (Å²) in [4.78, 5) is 9.14. The van der Waals surface area contributed by atoms with Gasteiger partial charge in [-0.25, -0.2) is 4.98 Å². The van der Waals surface area contributed by atoms with E-state index in [1.54, 1.807) is 0 Å². The molecule has 1 fully saturated rings. The van der Waals surface area contributed by atoms with Crippen LogP contribution in [0.25, 0.3) is 0 Å². The standard InChI is InChI=1S/C13H22N4/c1-10(14)12-5-4-7-15-13(12)17-8-6-11(9-17)16(2)3/h4-5,7,10-11H,6,8-9,14H2,1-3H3/t10-,11?/m1/s1. The van der Waals surface area contributed by atoms with Crippen LogP contribution in [0.3, 0.4) is 0 Å². The third-order valence-corrected chi connectivity index (χ3v) is 3.50.